The van der Waals surface area contributed by atoms with Crippen LogP contribution in [0.5, 0.6) is 11.5 Å². The summed E-state index contributed by atoms with van der Waals surface area (Å²) < 4.78 is 10.6. The molecule has 0 bridgehead atoms. The van der Waals surface area contributed by atoms with Gasteiger partial charge >= 0.3 is 0 Å². The van der Waals surface area contributed by atoms with Crippen molar-refractivity contribution in [2.24, 2.45) is 0 Å². The molecule has 1 aromatic carbocycles. The summed E-state index contributed by atoms with van der Waals surface area (Å²) in [5, 5.41) is 10.3. The van der Waals surface area contributed by atoms with Crippen molar-refractivity contribution in [3.05, 3.63) is 41.2 Å². The number of nitrogens with zero attached hydrogens (tertiary/aromatic N) is 1. The second-order valence-electron chi connectivity index (χ2n) is 4.31. The van der Waals surface area contributed by atoms with E-state index in [0.29, 0.717) is 6.79 Å². The highest BCUT2D eigenvalue weighted by molar-refractivity contribution is 5.44. The van der Waals surface area contributed by atoms with Gasteiger partial charge < -0.3 is 14.8 Å². The molecule has 5 nitrogen and oxygen atoms in total. The zero-order chi connectivity index (χ0) is 12.4. The summed E-state index contributed by atoms with van der Waals surface area (Å²) in [6, 6.07) is 6.00. The van der Waals surface area contributed by atoms with Gasteiger partial charge in [-0.2, -0.15) is 5.10 Å². The first-order valence-corrected chi connectivity index (χ1v) is 5.91. The molecule has 0 saturated carbocycles. The predicted molar refractivity (Wildman–Crippen MR) is 66.4 cm³/mol. The van der Waals surface area contributed by atoms with E-state index in [1.54, 1.807) is 0 Å². The molecule has 0 spiro atoms. The second-order valence-corrected chi connectivity index (χ2v) is 4.31. The monoisotopic (exact) mass is 245 g/mol. The van der Waals surface area contributed by atoms with Gasteiger partial charge in [-0.05, 0) is 24.6 Å². The third-order valence-corrected chi connectivity index (χ3v) is 3.02. The van der Waals surface area contributed by atoms with Crippen molar-refractivity contribution in [3.8, 4) is 11.5 Å². The van der Waals surface area contributed by atoms with E-state index in [9.17, 15) is 0 Å². The Morgan fingerprint density at radius 3 is 3.00 bits per heavy atom. The van der Waals surface area contributed by atoms with E-state index in [2.05, 4.69) is 15.5 Å². The van der Waals surface area contributed by atoms with E-state index in [1.807, 2.05) is 31.3 Å². The van der Waals surface area contributed by atoms with Crippen LogP contribution in [-0.4, -0.2) is 17.0 Å². The van der Waals surface area contributed by atoms with Crippen molar-refractivity contribution >= 4 is 0 Å². The van der Waals surface area contributed by atoms with Crippen LogP contribution in [0.3, 0.4) is 0 Å². The SMILES string of the molecule is Cc1[nH]ncc1CNCc1ccc2c(c1)OCO2. The van der Waals surface area contributed by atoms with Crippen molar-refractivity contribution in [1.82, 2.24) is 15.5 Å². The Kier molecular flexibility index (Phi) is 2.90. The Morgan fingerprint density at radius 1 is 1.28 bits per heavy atom. The van der Waals surface area contributed by atoms with Crippen molar-refractivity contribution in [1.29, 1.82) is 0 Å². The van der Waals surface area contributed by atoms with Gasteiger partial charge in [-0.1, -0.05) is 6.07 Å². The molecule has 0 amide bonds. The smallest absolute Gasteiger partial charge is 0.231 e. The number of rotatable bonds is 4. The zero-order valence-corrected chi connectivity index (χ0v) is 10.2. The molecule has 94 valence electrons. The number of nitrogens with one attached hydrogen (secondary N) is 2. The summed E-state index contributed by atoms with van der Waals surface area (Å²) in [7, 11) is 0. The van der Waals surface area contributed by atoms with Gasteiger partial charge in [-0.15, -0.1) is 0 Å². The van der Waals surface area contributed by atoms with Gasteiger partial charge in [0.15, 0.2) is 11.5 Å². The van der Waals surface area contributed by atoms with Crippen LogP contribution in [0.25, 0.3) is 0 Å². The highest BCUT2D eigenvalue weighted by atomic mass is 16.7. The molecule has 0 atom stereocenters. The Balaban J connectivity index is 1.59. The van der Waals surface area contributed by atoms with E-state index in [1.165, 1.54) is 11.1 Å². The fourth-order valence-corrected chi connectivity index (χ4v) is 1.95. The second kappa shape index (κ2) is 4.70. The lowest BCUT2D eigenvalue weighted by Gasteiger charge is -2.05. The van der Waals surface area contributed by atoms with Crippen LogP contribution in [0.1, 0.15) is 16.8 Å². The Bertz CT molecular complexity index is 551. The first kappa shape index (κ1) is 11.1. The standard InChI is InChI=1S/C13H15N3O2/c1-9-11(7-15-16-9)6-14-5-10-2-3-12-13(4-10)18-8-17-12/h2-4,7,14H,5-6,8H2,1H3,(H,15,16). The number of ether oxygens (including phenoxy) is 2. The van der Waals surface area contributed by atoms with Gasteiger partial charge in [-0.25, -0.2) is 0 Å². The third kappa shape index (κ3) is 2.17. The summed E-state index contributed by atoms with van der Waals surface area (Å²) in [5.41, 5.74) is 3.48. The van der Waals surface area contributed by atoms with Crippen LogP contribution in [0.2, 0.25) is 0 Å². The molecular formula is C13H15N3O2. The first-order chi connectivity index (χ1) is 8.83. The maximum atomic E-state index is 5.35. The van der Waals surface area contributed by atoms with Gasteiger partial charge in [0.1, 0.15) is 0 Å². The van der Waals surface area contributed by atoms with Gasteiger partial charge in [0, 0.05) is 24.3 Å². The third-order valence-electron chi connectivity index (χ3n) is 3.02. The van der Waals surface area contributed by atoms with Crippen LogP contribution in [-0.2, 0) is 13.1 Å². The Labute approximate surface area is 105 Å². The normalized spacial score (nSPS) is 12.9. The highest BCUT2D eigenvalue weighted by Gasteiger charge is 2.12. The lowest BCUT2D eigenvalue weighted by molar-refractivity contribution is 0.174. The lowest BCUT2D eigenvalue weighted by atomic mass is 10.2. The fourth-order valence-electron chi connectivity index (χ4n) is 1.95. The van der Waals surface area contributed by atoms with Crippen LogP contribution in [0.4, 0.5) is 0 Å². The maximum absolute atomic E-state index is 5.35. The topological polar surface area (TPSA) is 59.2 Å². The molecule has 2 N–H and O–H groups in total. The number of hydrogen-bond acceptors (Lipinski definition) is 4. The number of aryl methyl sites for hydroxylation is 1. The molecule has 5 heteroatoms. The summed E-state index contributed by atoms with van der Waals surface area (Å²) in [4.78, 5) is 0. The molecule has 3 rings (SSSR count). The number of hydrogen-bond donors (Lipinski definition) is 2. The molecule has 1 aliphatic heterocycles. The molecular weight excluding hydrogens is 230 g/mol. The van der Waals surface area contributed by atoms with Crippen LogP contribution < -0.4 is 14.8 Å². The van der Waals surface area contributed by atoms with Gasteiger partial charge in [0.2, 0.25) is 6.79 Å². The minimum absolute atomic E-state index is 0.320. The number of aromatic nitrogens is 2. The van der Waals surface area contributed by atoms with E-state index >= 15 is 0 Å². The van der Waals surface area contributed by atoms with Gasteiger partial charge in [-0.3, -0.25) is 5.10 Å². The molecule has 1 aliphatic rings. The maximum Gasteiger partial charge on any atom is 0.231 e. The summed E-state index contributed by atoms with van der Waals surface area (Å²) >= 11 is 0. The van der Waals surface area contributed by atoms with Crippen LogP contribution >= 0.6 is 0 Å². The van der Waals surface area contributed by atoms with Crippen molar-refractivity contribution in [2.45, 2.75) is 20.0 Å². The highest BCUT2D eigenvalue weighted by Crippen LogP contribution is 2.32. The zero-order valence-electron chi connectivity index (χ0n) is 10.2. The number of H-pyrrole nitrogens is 1. The molecule has 2 heterocycles. The molecule has 18 heavy (non-hydrogen) atoms. The Hall–Kier alpha value is -2.01. The molecule has 2 aromatic rings. The predicted octanol–water partition coefficient (Wildman–Crippen LogP) is 1.74. The van der Waals surface area contributed by atoms with E-state index in [4.69, 9.17) is 9.47 Å². The summed E-state index contributed by atoms with van der Waals surface area (Å²) in [6.45, 7) is 3.93. The molecule has 0 saturated heterocycles. The molecule has 0 aliphatic carbocycles. The summed E-state index contributed by atoms with van der Waals surface area (Å²) in [5.74, 6) is 1.65. The average Bonchev–Trinajstić information content (AvgIpc) is 2.98. The number of benzene rings is 1. The number of aromatic amines is 1. The first-order valence-electron chi connectivity index (χ1n) is 5.91. The fraction of sp³-hybridized carbons (Fsp3) is 0.308. The Morgan fingerprint density at radius 2 is 2.17 bits per heavy atom. The van der Waals surface area contributed by atoms with Crippen LogP contribution in [0.15, 0.2) is 24.4 Å². The minimum Gasteiger partial charge on any atom is -0.454 e. The molecule has 0 fully saturated rings. The average molecular weight is 245 g/mol. The van der Waals surface area contributed by atoms with E-state index in [0.717, 1.165) is 30.3 Å². The lowest BCUT2D eigenvalue weighted by Crippen LogP contribution is -2.12. The minimum atomic E-state index is 0.320. The summed E-state index contributed by atoms with van der Waals surface area (Å²) in [6.07, 6.45) is 1.85. The van der Waals surface area contributed by atoms with Crippen molar-refractivity contribution in [3.63, 3.8) is 0 Å². The quantitative estimate of drug-likeness (QED) is 0.861. The van der Waals surface area contributed by atoms with E-state index < -0.39 is 0 Å². The van der Waals surface area contributed by atoms with Crippen molar-refractivity contribution < 1.29 is 9.47 Å². The molecule has 0 unspecified atom stereocenters. The van der Waals surface area contributed by atoms with Crippen LogP contribution in [0, 0.1) is 6.92 Å². The van der Waals surface area contributed by atoms with Gasteiger partial charge in [0.05, 0.1) is 6.20 Å². The molecule has 1 aromatic heterocycles. The van der Waals surface area contributed by atoms with Gasteiger partial charge in [0.25, 0.3) is 0 Å². The largest absolute Gasteiger partial charge is 0.454 e. The number of fused-ring (bicyclic) bond motifs is 1. The molecule has 0 radical (unpaired) electrons. The van der Waals surface area contributed by atoms with Crippen molar-refractivity contribution in [2.75, 3.05) is 6.79 Å². The van der Waals surface area contributed by atoms with E-state index in [-0.39, 0.29) is 0 Å².